The van der Waals surface area contributed by atoms with E-state index in [2.05, 4.69) is 69.7 Å². The summed E-state index contributed by atoms with van der Waals surface area (Å²) < 4.78 is 24.6. The van der Waals surface area contributed by atoms with Crippen molar-refractivity contribution in [3.05, 3.63) is 118 Å². The maximum atomic E-state index is 15.4. The fourth-order valence-electron chi connectivity index (χ4n) is 9.86. The van der Waals surface area contributed by atoms with Gasteiger partial charge in [-0.05, 0) is 86.9 Å². The number of likely N-dealkylation sites (tertiary alicyclic amines) is 1. The number of hydrogen-bond acceptors (Lipinski definition) is 13. The highest BCUT2D eigenvalue weighted by Crippen LogP contribution is 2.28. The number of nitrogens with one attached hydrogen (secondary N) is 4. The fraction of sp³-hybridized carbons (Fsp3) is 0.491. The van der Waals surface area contributed by atoms with E-state index in [1.54, 1.807) is 20.4 Å². The second-order valence-electron chi connectivity index (χ2n) is 19.9. The minimum atomic E-state index is -1.37. The molecule has 0 spiro atoms. The van der Waals surface area contributed by atoms with Gasteiger partial charge in [0.25, 0.3) is 0 Å². The van der Waals surface area contributed by atoms with Gasteiger partial charge in [0.05, 0.1) is 35.2 Å². The normalized spacial score (nSPS) is 15.1. The molecule has 0 aliphatic carbocycles. The summed E-state index contributed by atoms with van der Waals surface area (Å²) in [5.74, 6) is -1.93. The van der Waals surface area contributed by atoms with Crippen LogP contribution in [0.25, 0.3) is 10.9 Å². The molecule has 5 aromatic rings. The van der Waals surface area contributed by atoms with Crippen molar-refractivity contribution < 1.29 is 38.2 Å². The number of nitrogens with two attached hydrogens (primary N) is 1. The van der Waals surface area contributed by atoms with Crippen LogP contribution in [-0.2, 0) is 33.9 Å². The molecule has 0 saturated carbocycles. The van der Waals surface area contributed by atoms with E-state index in [1.165, 1.54) is 16.7 Å². The van der Waals surface area contributed by atoms with Crippen molar-refractivity contribution in [3.8, 4) is 0 Å². The number of carboxylic acids is 1. The molecule has 76 heavy (non-hydrogen) atoms. The number of pyridine rings is 1. The minimum absolute atomic E-state index is 0.00441. The summed E-state index contributed by atoms with van der Waals surface area (Å²) >= 11 is 0. The summed E-state index contributed by atoms with van der Waals surface area (Å²) in [7, 11) is 0. The van der Waals surface area contributed by atoms with Gasteiger partial charge in [-0.2, -0.15) is 0 Å². The summed E-state index contributed by atoms with van der Waals surface area (Å²) in [5, 5.41) is 32.6. The number of nitrogens with zero attached hydrogens (tertiary/aromatic N) is 7. The zero-order valence-electron chi connectivity index (χ0n) is 43.8. The summed E-state index contributed by atoms with van der Waals surface area (Å²) in [4.78, 5) is 77.8. The zero-order valence-corrected chi connectivity index (χ0v) is 43.8. The minimum Gasteiger partial charge on any atom is -0.477 e. The van der Waals surface area contributed by atoms with Crippen LogP contribution in [0.4, 0.5) is 25.4 Å². The molecule has 0 unspecified atom stereocenters. The van der Waals surface area contributed by atoms with Crippen molar-refractivity contribution in [2.75, 3.05) is 69.1 Å². The summed E-state index contributed by atoms with van der Waals surface area (Å²) in [5.41, 5.74) is 8.60. The second-order valence-corrected chi connectivity index (χ2v) is 19.9. The summed E-state index contributed by atoms with van der Waals surface area (Å²) in [6, 6.07) is 20.0. The Morgan fingerprint density at radius 3 is 2.25 bits per heavy atom. The number of benzene rings is 3. The van der Waals surface area contributed by atoms with Crippen LogP contribution in [-0.4, -0.2) is 129 Å². The SMILES string of the molecule is CCn1cc(C(=O)O)c(=O)c2cc(F)c(N3CCN(C(=O)OCc4ccc(NC[C@@H](CCCNC(N)=O)n5cc([C@@H](NC[C@@H](Cc6ccccc6)NCCCCCCN6C(=O)CCC6=O)C(C)C)nn5)cc4)CC3)cc21. The van der Waals surface area contributed by atoms with Crippen LogP contribution in [0.3, 0.4) is 0 Å². The lowest BCUT2D eigenvalue weighted by Crippen LogP contribution is -2.49. The van der Waals surface area contributed by atoms with E-state index < -0.39 is 34.9 Å². The van der Waals surface area contributed by atoms with Crippen molar-refractivity contribution in [1.82, 2.24) is 45.3 Å². The first-order valence-electron chi connectivity index (χ1n) is 26.6. The topological polar surface area (TPSA) is 251 Å². The number of aromatic nitrogens is 4. The number of hydrogen-bond donors (Lipinski definition) is 6. The number of carbonyl (C=O) groups excluding carboxylic acids is 4. The first-order chi connectivity index (χ1) is 36.7. The van der Waals surface area contributed by atoms with Gasteiger partial charge in [0, 0.05) is 95.1 Å². The molecule has 0 radical (unpaired) electrons. The number of carboxylic acid groups (broad SMARTS) is 1. The number of aromatic carboxylic acids is 1. The number of fused-ring (bicyclic) bond motifs is 1. The van der Waals surface area contributed by atoms with E-state index in [0.717, 1.165) is 61.7 Å². The van der Waals surface area contributed by atoms with Crippen molar-refractivity contribution in [2.24, 2.45) is 11.7 Å². The fourth-order valence-corrected chi connectivity index (χ4v) is 9.86. The van der Waals surface area contributed by atoms with Crippen molar-refractivity contribution in [3.63, 3.8) is 0 Å². The molecule has 0 bridgehead atoms. The molecule has 5 amide bonds. The molecule has 2 aliphatic heterocycles. The van der Waals surface area contributed by atoms with Crippen LogP contribution in [0.1, 0.15) is 111 Å². The van der Waals surface area contributed by atoms with Gasteiger partial charge in [0.2, 0.25) is 17.2 Å². The zero-order chi connectivity index (χ0) is 54.1. The Hall–Kier alpha value is -7.39. The van der Waals surface area contributed by atoms with Crippen LogP contribution < -0.4 is 37.3 Å². The number of amides is 5. The number of aryl methyl sites for hydroxylation is 1. The van der Waals surface area contributed by atoms with Crippen LogP contribution in [0.5, 0.6) is 0 Å². The molecule has 4 heterocycles. The van der Waals surface area contributed by atoms with Gasteiger partial charge >= 0.3 is 18.1 Å². The standard InChI is InChI=1S/C55H73FN12O8/c1-4-64-34-44(53(72)73)52(71)43-30-45(56)48(31-47(43)64)65-25-27-66(28-26-65)55(75)76-36-39-16-18-40(19-17-39)60-33-42(15-12-23-59-54(57)74)68-35-46(62-63-68)51(37(2)3)61-32-41(29-38-13-8-7-9-14-38)58-22-10-5-6-11-24-67-49(69)20-21-50(67)70/h7-9,13-14,16-19,30-31,34-35,37,41-42,51,58,60-61H,4-6,10-12,15,20-29,32-33,36H2,1-3H3,(H,72,73)(H3,57,59,74)/t41-,42-,51+/m1/s1. The van der Waals surface area contributed by atoms with Gasteiger partial charge in [-0.15, -0.1) is 5.10 Å². The summed E-state index contributed by atoms with van der Waals surface area (Å²) in [6.07, 6.45) is 9.37. The van der Waals surface area contributed by atoms with Crippen molar-refractivity contribution in [2.45, 2.75) is 110 Å². The summed E-state index contributed by atoms with van der Waals surface area (Å²) in [6.45, 7) is 10.7. The van der Waals surface area contributed by atoms with Crippen LogP contribution in [0.15, 0.2) is 83.9 Å². The average molecular weight is 1050 g/mol. The highest BCUT2D eigenvalue weighted by molar-refractivity contribution is 6.01. The lowest BCUT2D eigenvalue weighted by molar-refractivity contribution is -0.138. The third-order valence-corrected chi connectivity index (χ3v) is 14.2. The van der Waals surface area contributed by atoms with Crippen molar-refractivity contribution in [1.29, 1.82) is 0 Å². The number of ether oxygens (including phenoxy) is 1. The molecule has 3 atom stereocenters. The van der Waals surface area contributed by atoms with E-state index in [4.69, 9.17) is 10.5 Å². The molecule has 2 fully saturated rings. The predicted octanol–water partition coefficient (Wildman–Crippen LogP) is 6.21. The third-order valence-electron chi connectivity index (χ3n) is 14.2. The van der Waals surface area contributed by atoms with Crippen LogP contribution in [0.2, 0.25) is 0 Å². The third kappa shape index (κ3) is 15.4. The molecule has 2 aliphatic rings. The molecule has 2 saturated heterocycles. The van der Waals surface area contributed by atoms with E-state index in [1.807, 2.05) is 48.1 Å². The lowest BCUT2D eigenvalue weighted by atomic mass is 10.00. The van der Waals surface area contributed by atoms with Crippen LogP contribution in [0, 0.1) is 11.7 Å². The monoisotopic (exact) mass is 1050 g/mol. The first-order valence-corrected chi connectivity index (χ1v) is 26.6. The largest absolute Gasteiger partial charge is 0.477 e. The van der Waals surface area contributed by atoms with Gasteiger partial charge in [0.1, 0.15) is 18.0 Å². The molecular weight excluding hydrogens is 976 g/mol. The smallest absolute Gasteiger partial charge is 0.410 e. The maximum absolute atomic E-state index is 15.4. The number of anilines is 2. The Labute approximate surface area is 442 Å². The highest BCUT2D eigenvalue weighted by Gasteiger charge is 2.29. The van der Waals surface area contributed by atoms with E-state index in [9.17, 15) is 33.9 Å². The number of halogens is 1. The second kappa shape index (κ2) is 27.4. The first kappa shape index (κ1) is 56.3. The Bertz CT molecular complexity index is 2800. The van der Waals surface area contributed by atoms with Crippen molar-refractivity contribution >= 4 is 52.2 Å². The number of urea groups is 1. The van der Waals surface area contributed by atoms with Crippen LogP contribution >= 0.6 is 0 Å². The number of carbonyl (C=O) groups is 5. The van der Waals surface area contributed by atoms with Gasteiger partial charge < -0.3 is 51.2 Å². The van der Waals surface area contributed by atoms with Gasteiger partial charge in [-0.25, -0.2) is 23.5 Å². The Morgan fingerprint density at radius 2 is 1.57 bits per heavy atom. The van der Waals surface area contributed by atoms with E-state index in [-0.39, 0.29) is 66.6 Å². The number of unbranched alkanes of at least 4 members (excludes halogenated alkanes) is 3. The molecule has 20 nitrogen and oxygen atoms in total. The van der Waals surface area contributed by atoms with E-state index in [0.29, 0.717) is 77.0 Å². The Balaban J connectivity index is 0.900. The lowest BCUT2D eigenvalue weighted by Gasteiger charge is -2.35. The molecule has 3 aromatic carbocycles. The number of rotatable bonds is 28. The Morgan fingerprint density at radius 1 is 0.842 bits per heavy atom. The van der Waals surface area contributed by atoms with Gasteiger partial charge in [-0.1, -0.05) is 74.4 Å². The molecule has 7 rings (SSSR count). The van der Waals surface area contributed by atoms with E-state index >= 15 is 4.39 Å². The maximum Gasteiger partial charge on any atom is 0.410 e. The number of piperazine rings is 1. The molecule has 2 aromatic heterocycles. The quantitative estimate of drug-likeness (QED) is 0.0241. The molecule has 21 heteroatoms. The number of imide groups is 1. The average Bonchev–Trinajstić information content (AvgIpc) is 4.02. The Kier molecular flexibility index (Phi) is 20.3. The van der Waals surface area contributed by atoms with Gasteiger partial charge in [-0.3, -0.25) is 19.3 Å². The predicted molar refractivity (Wildman–Crippen MR) is 288 cm³/mol. The molecular formula is C55H73FN12O8. The van der Waals surface area contributed by atoms with Gasteiger partial charge in [0.15, 0.2) is 0 Å². The molecule has 408 valence electrons. The number of primary amides is 1. The highest BCUT2D eigenvalue weighted by atomic mass is 19.1. The molecule has 7 N–H and O–H groups in total.